The summed E-state index contributed by atoms with van der Waals surface area (Å²) in [4.78, 5) is 20.7. The van der Waals surface area contributed by atoms with E-state index in [1.165, 1.54) is 0 Å². The molecule has 1 aromatic heterocycles. The summed E-state index contributed by atoms with van der Waals surface area (Å²) in [5, 5.41) is 7.48. The van der Waals surface area contributed by atoms with Crippen LogP contribution in [-0.4, -0.2) is 59.8 Å². The van der Waals surface area contributed by atoms with Crippen molar-refractivity contribution in [1.82, 2.24) is 20.0 Å². The van der Waals surface area contributed by atoms with Gasteiger partial charge in [-0.2, -0.15) is 5.10 Å². The van der Waals surface area contributed by atoms with Gasteiger partial charge in [0, 0.05) is 45.5 Å². The number of rotatable bonds is 6. The summed E-state index contributed by atoms with van der Waals surface area (Å²) in [6.45, 7) is 6.23. The topological polar surface area (TPSA) is 75.0 Å². The summed E-state index contributed by atoms with van der Waals surface area (Å²) in [7, 11) is 3.56. The molecule has 1 amide bonds. The van der Waals surface area contributed by atoms with Crippen LogP contribution in [0.15, 0.2) is 54.3 Å². The fourth-order valence-electron chi connectivity index (χ4n) is 3.12. The van der Waals surface area contributed by atoms with Crippen molar-refractivity contribution in [2.24, 2.45) is 12.0 Å². The maximum atomic E-state index is 12.6. The Morgan fingerprint density at radius 3 is 2.89 bits per heavy atom. The second kappa shape index (κ2) is 9.07. The molecule has 8 heteroatoms. The van der Waals surface area contributed by atoms with Crippen LogP contribution in [0.1, 0.15) is 5.56 Å². The Morgan fingerprint density at radius 1 is 1.39 bits per heavy atom. The van der Waals surface area contributed by atoms with Crippen molar-refractivity contribution in [3.8, 4) is 5.75 Å². The predicted octanol–water partition coefficient (Wildman–Crippen LogP) is 1.41. The van der Waals surface area contributed by atoms with E-state index in [0.29, 0.717) is 32.2 Å². The first-order chi connectivity index (χ1) is 13.6. The third-order valence-electron chi connectivity index (χ3n) is 4.50. The molecule has 1 aromatic carbocycles. The molecule has 2 aromatic rings. The second-order valence-electron chi connectivity index (χ2n) is 6.45. The number of anilines is 1. The third-order valence-corrected chi connectivity index (χ3v) is 4.50. The van der Waals surface area contributed by atoms with E-state index in [1.54, 1.807) is 28.9 Å². The van der Waals surface area contributed by atoms with E-state index in [4.69, 9.17) is 4.74 Å². The lowest BCUT2D eigenvalue weighted by Crippen LogP contribution is -2.55. The second-order valence-corrected chi connectivity index (χ2v) is 6.45. The summed E-state index contributed by atoms with van der Waals surface area (Å²) in [6.07, 6.45) is 5.28. The fourth-order valence-corrected chi connectivity index (χ4v) is 3.12. The van der Waals surface area contributed by atoms with Crippen molar-refractivity contribution >= 4 is 17.6 Å². The molecular weight excluding hydrogens is 356 g/mol. The summed E-state index contributed by atoms with van der Waals surface area (Å²) in [5.74, 6) is 1.53. The third kappa shape index (κ3) is 4.51. The number of hydrogen-bond acceptors (Lipinski definition) is 4. The number of piperazine rings is 1. The van der Waals surface area contributed by atoms with Gasteiger partial charge in [0.25, 0.3) is 0 Å². The molecule has 1 aliphatic rings. The van der Waals surface area contributed by atoms with Crippen LogP contribution in [0, 0.1) is 0 Å². The van der Waals surface area contributed by atoms with Gasteiger partial charge >= 0.3 is 0 Å². The molecular formula is C20H26N6O2. The van der Waals surface area contributed by atoms with E-state index in [-0.39, 0.29) is 12.5 Å². The van der Waals surface area contributed by atoms with Crippen molar-refractivity contribution in [3.63, 3.8) is 0 Å². The molecule has 0 aliphatic carbocycles. The van der Waals surface area contributed by atoms with E-state index in [0.717, 1.165) is 17.0 Å². The molecule has 1 N–H and O–H groups in total. The van der Waals surface area contributed by atoms with Gasteiger partial charge in [0.15, 0.2) is 5.96 Å². The highest BCUT2D eigenvalue weighted by atomic mass is 16.5. The Kier molecular flexibility index (Phi) is 6.31. The SMILES string of the molecule is C=CCOc1ccccc1CNC(=NC)N1CCN(c2cnn(C)c2)C(=O)C1. The molecule has 1 aliphatic heterocycles. The molecule has 0 atom stereocenters. The number of aryl methyl sites for hydroxylation is 1. The first-order valence-electron chi connectivity index (χ1n) is 9.18. The van der Waals surface area contributed by atoms with Crippen LogP contribution in [-0.2, 0) is 18.4 Å². The van der Waals surface area contributed by atoms with Gasteiger partial charge in [-0.1, -0.05) is 30.9 Å². The number of guanidine groups is 1. The van der Waals surface area contributed by atoms with Gasteiger partial charge < -0.3 is 19.9 Å². The maximum Gasteiger partial charge on any atom is 0.246 e. The van der Waals surface area contributed by atoms with Gasteiger partial charge in [-0.25, -0.2) is 0 Å². The zero-order chi connectivity index (χ0) is 19.9. The quantitative estimate of drug-likeness (QED) is 0.465. The number of carbonyl (C=O) groups excluding carboxylic acids is 1. The van der Waals surface area contributed by atoms with E-state index in [9.17, 15) is 4.79 Å². The Labute approximate surface area is 165 Å². The largest absolute Gasteiger partial charge is 0.489 e. The molecule has 1 fully saturated rings. The van der Waals surface area contributed by atoms with Crippen molar-refractivity contribution in [3.05, 3.63) is 54.9 Å². The summed E-state index contributed by atoms with van der Waals surface area (Å²) in [5.41, 5.74) is 1.84. The number of amides is 1. The lowest BCUT2D eigenvalue weighted by atomic mass is 10.2. The van der Waals surface area contributed by atoms with Gasteiger partial charge in [-0.15, -0.1) is 0 Å². The van der Waals surface area contributed by atoms with Gasteiger partial charge in [0.1, 0.15) is 18.9 Å². The molecule has 0 radical (unpaired) electrons. The van der Waals surface area contributed by atoms with Crippen LogP contribution in [0.3, 0.4) is 0 Å². The number of hydrogen-bond donors (Lipinski definition) is 1. The van der Waals surface area contributed by atoms with E-state index in [1.807, 2.05) is 42.4 Å². The molecule has 0 saturated carbocycles. The minimum atomic E-state index is 0.0249. The molecule has 8 nitrogen and oxygen atoms in total. The highest BCUT2D eigenvalue weighted by molar-refractivity contribution is 5.98. The molecule has 2 heterocycles. The first-order valence-corrected chi connectivity index (χ1v) is 9.18. The van der Waals surface area contributed by atoms with Gasteiger partial charge in [0.05, 0.1) is 11.9 Å². The predicted molar refractivity (Wildman–Crippen MR) is 109 cm³/mol. The van der Waals surface area contributed by atoms with Crippen molar-refractivity contribution in [1.29, 1.82) is 0 Å². The zero-order valence-electron chi connectivity index (χ0n) is 16.3. The van der Waals surface area contributed by atoms with Crippen molar-refractivity contribution in [2.75, 3.05) is 38.2 Å². The lowest BCUT2D eigenvalue weighted by molar-refractivity contribution is -0.120. The average Bonchev–Trinajstić information content (AvgIpc) is 3.13. The summed E-state index contributed by atoms with van der Waals surface area (Å²) >= 11 is 0. The van der Waals surface area contributed by atoms with E-state index in [2.05, 4.69) is 22.0 Å². The van der Waals surface area contributed by atoms with Gasteiger partial charge in [-0.05, 0) is 6.07 Å². The van der Waals surface area contributed by atoms with E-state index < -0.39 is 0 Å². The molecule has 0 unspecified atom stereocenters. The Morgan fingerprint density at radius 2 is 2.21 bits per heavy atom. The number of aromatic nitrogens is 2. The Hall–Kier alpha value is -3.29. The summed E-state index contributed by atoms with van der Waals surface area (Å²) in [6, 6.07) is 7.84. The lowest BCUT2D eigenvalue weighted by Gasteiger charge is -2.35. The minimum absolute atomic E-state index is 0.0249. The molecule has 148 valence electrons. The van der Waals surface area contributed by atoms with Crippen molar-refractivity contribution < 1.29 is 9.53 Å². The molecule has 1 saturated heterocycles. The van der Waals surface area contributed by atoms with Crippen LogP contribution in [0.2, 0.25) is 0 Å². The molecule has 0 spiro atoms. The van der Waals surface area contributed by atoms with Gasteiger partial charge in [0.2, 0.25) is 5.91 Å². The number of carbonyl (C=O) groups is 1. The first kappa shape index (κ1) is 19.5. The van der Waals surface area contributed by atoms with Gasteiger partial charge in [-0.3, -0.25) is 14.5 Å². The number of benzene rings is 1. The number of nitrogens with one attached hydrogen (secondary N) is 1. The number of nitrogens with zero attached hydrogens (tertiary/aromatic N) is 5. The number of para-hydroxylation sites is 1. The minimum Gasteiger partial charge on any atom is -0.489 e. The normalized spacial score (nSPS) is 14.9. The Bertz CT molecular complexity index is 860. The standard InChI is InChI=1S/C20H26N6O2/c1-4-11-28-18-8-6-5-7-16(18)12-22-20(21-2)25-9-10-26(19(27)15-25)17-13-23-24(3)14-17/h4-8,13-14H,1,9-12,15H2,2-3H3,(H,21,22). The van der Waals surface area contributed by atoms with Crippen LogP contribution in [0.4, 0.5) is 5.69 Å². The van der Waals surface area contributed by atoms with Crippen LogP contribution in [0.25, 0.3) is 0 Å². The van der Waals surface area contributed by atoms with E-state index >= 15 is 0 Å². The summed E-state index contributed by atoms with van der Waals surface area (Å²) < 4.78 is 7.40. The number of ether oxygens (including phenoxy) is 1. The highest BCUT2D eigenvalue weighted by Crippen LogP contribution is 2.19. The molecule has 0 bridgehead atoms. The molecule has 3 rings (SSSR count). The monoisotopic (exact) mass is 382 g/mol. The molecule has 28 heavy (non-hydrogen) atoms. The van der Waals surface area contributed by atoms with Crippen LogP contribution in [0.5, 0.6) is 5.75 Å². The zero-order valence-corrected chi connectivity index (χ0v) is 16.3. The average molecular weight is 382 g/mol. The maximum absolute atomic E-state index is 12.6. The van der Waals surface area contributed by atoms with Crippen molar-refractivity contribution in [2.45, 2.75) is 6.54 Å². The fraction of sp³-hybridized carbons (Fsp3) is 0.350. The van der Waals surface area contributed by atoms with Crippen LogP contribution < -0.4 is 15.0 Å². The van der Waals surface area contributed by atoms with Crippen LogP contribution >= 0.6 is 0 Å². The smallest absolute Gasteiger partial charge is 0.246 e. The highest BCUT2D eigenvalue weighted by Gasteiger charge is 2.27. The number of aliphatic imine (C=N–C) groups is 1. The Balaban J connectivity index is 1.61.